The summed E-state index contributed by atoms with van der Waals surface area (Å²) in [6, 6.07) is 0. The molecular weight excluding hydrogens is 161 g/mol. The number of halogens is 1. The lowest BCUT2D eigenvalue weighted by Gasteiger charge is -1.87. The fourth-order valence-electron chi connectivity index (χ4n) is 0.355. The number of aromatic nitrogens is 3. The SMILES string of the molecule is O=S(=O)(F)c1ncncn1. The number of nitrogens with zero attached hydrogens (tertiary/aromatic N) is 3. The Morgan fingerprint density at radius 1 is 1.30 bits per heavy atom. The molecule has 0 amide bonds. The molecule has 0 fully saturated rings. The molecule has 1 aromatic rings. The maximum Gasteiger partial charge on any atom is 0.368 e. The van der Waals surface area contributed by atoms with E-state index in [1.807, 2.05) is 0 Å². The summed E-state index contributed by atoms with van der Waals surface area (Å²) in [5.74, 6) is 0. The zero-order valence-electron chi connectivity index (χ0n) is 4.60. The zero-order valence-corrected chi connectivity index (χ0v) is 5.42. The van der Waals surface area contributed by atoms with E-state index in [0.29, 0.717) is 0 Å². The van der Waals surface area contributed by atoms with Gasteiger partial charge in [-0.15, -0.1) is 0 Å². The van der Waals surface area contributed by atoms with E-state index in [1.54, 1.807) is 0 Å². The summed E-state index contributed by atoms with van der Waals surface area (Å²) in [4.78, 5) is 9.44. The van der Waals surface area contributed by atoms with Crippen LogP contribution in [0.25, 0.3) is 0 Å². The third kappa shape index (κ3) is 1.44. The fourth-order valence-corrected chi connectivity index (χ4v) is 0.701. The number of hydrogen-bond acceptors (Lipinski definition) is 5. The van der Waals surface area contributed by atoms with Gasteiger partial charge in [-0.05, 0) is 0 Å². The van der Waals surface area contributed by atoms with Gasteiger partial charge in [0.15, 0.2) is 0 Å². The van der Waals surface area contributed by atoms with Crippen molar-refractivity contribution < 1.29 is 12.3 Å². The van der Waals surface area contributed by atoms with Crippen LogP contribution in [0.5, 0.6) is 0 Å². The van der Waals surface area contributed by atoms with E-state index >= 15 is 0 Å². The number of rotatable bonds is 1. The molecule has 0 saturated heterocycles. The fraction of sp³-hybridized carbons (Fsp3) is 0. The molecule has 1 heterocycles. The third-order valence-electron chi connectivity index (χ3n) is 0.688. The van der Waals surface area contributed by atoms with Gasteiger partial charge in [-0.1, -0.05) is 3.89 Å². The molecule has 10 heavy (non-hydrogen) atoms. The predicted octanol–water partition coefficient (Wildman–Crippen LogP) is -0.470. The average molecular weight is 163 g/mol. The molecule has 1 aromatic heterocycles. The van der Waals surface area contributed by atoms with E-state index in [1.165, 1.54) is 0 Å². The first-order valence-electron chi connectivity index (χ1n) is 2.17. The largest absolute Gasteiger partial charge is 0.368 e. The Balaban J connectivity index is 3.22. The summed E-state index contributed by atoms with van der Waals surface area (Å²) < 4.78 is 32.0. The van der Waals surface area contributed by atoms with Crippen molar-refractivity contribution in [2.24, 2.45) is 0 Å². The van der Waals surface area contributed by atoms with Crippen molar-refractivity contribution in [1.29, 1.82) is 0 Å². The molecule has 7 heteroatoms. The van der Waals surface area contributed by atoms with Crippen LogP contribution in [-0.4, -0.2) is 23.4 Å². The molecule has 54 valence electrons. The lowest BCUT2D eigenvalue weighted by molar-refractivity contribution is 0.540. The zero-order chi connectivity index (χ0) is 7.61. The smallest absolute Gasteiger partial charge is 0.225 e. The van der Waals surface area contributed by atoms with Crippen molar-refractivity contribution in [2.45, 2.75) is 5.16 Å². The van der Waals surface area contributed by atoms with Crippen LogP contribution in [0.2, 0.25) is 0 Å². The van der Waals surface area contributed by atoms with Crippen molar-refractivity contribution in [3.8, 4) is 0 Å². The quantitative estimate of drug-likeness (QED) is 0.523. The second-order valence-electron chi connectivity index (χ2n) is 1.36. The summed E-state index contributed by atoms with van der Waals surface area (Å²) in [6.07, 6.45) is 1.80. The van der Waals surface area contributed by atoms with Crippen LogP contribution in [0.4, 0.5) is 3.89 Å². The van der Waals surface area contributed by atoms with Crippen LogP contribution in [0, 0.1) is 0 Å². The molecule has 0 aliphatic rings. The lowest BCUT2D eigenvalue weighted by Crippen LogP contribution is -1.99. The highest BCUT2D eigenvalue weighted by atomic mass is 32.3. The van der Waals surface area contributed by atoms with Crippen LogP contribution < -0.4 is 0 Å². The van der Waals surface area contributed by atoms with Gasteiger partial charge in [-0.2, -0.15) is 8.42 Å². The van der Waals surface area contributed by atoms with Crippen LogP contribution in [0.3, 0.4) is 0 Å². The van der Waals surface area contributed by atoms with Gasteiger partial charge in [-0.3, -0.25) is 0 Å². The Morgan fingerprint density at radius 2 is 1.80 bits per heavy atom. The van der Waals surface area contributed by atoms with Crippen molar-refractivity contribution >= 4 is 10.2 Å². The first kappa shape index (κ1) is 7.00. The van der Waals surface area contributed by atoms with Gasteiger partial charge in [0.05, 0.1) is 0 Å². The summed E-state index contributed by atoms with van der Waals surface area (Å²) in [5.41, 5.74) is 0. The third-order valence-corrected chi connectivity index (χ3v) is 1.33. The first-order valence-corrected chi connectivity index (χ1v) is 3.56. The van der Waals surface area contributed by atoms with E-state index in [9.17, 15) is 12.3 Å². The maximum atomic E-state index is 11.9. The Kier molecular flexibility index (Phi) is 1.58. The molecule has 0 aromatic carbocycles. The van der Waals surface area contributed by atoms with Crippen molar-refractivity contribution in [2.75, 3.05) is 0 Å². The van der Waals surface area contributed by atoms with Crippen molar-refractivity contribution in [1.82, 2.24) is 15.0 Å². The second kappa shape index (κ2) is 2.25. The highest BCUT2D eigenvalue weighted by molar-refractivity contribution is 7.86. The normalized spacial score (nSPS) is 11.3. The molecule has 0 aliphatic carbocycles. The number of hydrogen-bond donors (Lipinski definition) is 0. The van der Waals surface area contributed by atoms with Crippen molar-refractivity contribution in [3.63, 3.8) is 0 Å². The molecule has 0 bridgehead atoms. The highest BCUT2D eigenvalue weighted by Crippen LogP contribution is 2.00. The Labute approximate surface area is 56.2 Å². The molecule has 0 atom stereocenters. The second-order valence-corrected chi connectivity index (χ2v) is 2.60. The van der Waals surface area contributed by atoms with Crippen LogP contribution in [0.1, 0.15) is 0 Å². The molecular formula is C3H2FN3O2S. The van der Waals surface area contributed by atoms with Gasteiger partial charge in [0.2, 0.25) is 0 Å². The maximum absolute atomic E-state index is 11.9. The van der Waals surface area contributed by atoms with Gasteiger partial charge >= 0.3 is 10.2 Å². The van der Waals surface area contributed by atoms with E-state index in [4.69, 9.17) is 0 Å². The molecule has 0 spiro atoms. The van der Waals surface area contributed by atoms with Crippen LogP contribution in [-0.2, 0) is 10.2 Å². The summed E-state index contributed by atoms with van der Waals surface area (Å²) >= 11 is 0. The minimum Gasteiger partial charge on any atom is -0.225 e. The Morgan fingerprint density at radius 3 is 2.10 bits per heavy atom. The Hall–Kier alpha value is -1.11. The minimum absolute atomic E-state index is 0.859. The monoisotopic (exact) mass is 163 g/mol. The molecule has 0 saturated carbocycles. The first-order chi connectivity index (χ1) is 4.61. The molecule has 0 radical (unpaired) electrons. The van der Waals surface area contributed by atoms with Crippen molar-refractivity contribution in [3.05, 3.63) is 12.7 Å². The highest BCUT2D eigenvalue weighted by Gasteiger charge is 2.13. The van der Waals surface area contributed by atoms with E-state index < -0.39 is 15.4 Å². The van der Waals surface area contributed by atoms with Crippen LogP contribution >= 0.6 is 0 Å². The molecule has 0 aliphatic heterocycles. The standard InChI is InChI=1S/C3H2FN3O2S/c4-10(8,9)3-6-1-5-2-7-3/h1-2H. The van der Waals surface area contributed by atoms with Gasteiger partial charge < -0.3 is 0 Å². The predicted molar refractivity (Wildman–Crippen MR) is 28.1 cm³/mol. The van der Waals surface area contributed by atoms with E-state index in [-0.39, 0.29) is 0 Å². The van der Waals surface area contributed by atoms with Crippen LogP contribution in [0.15, 0.2) is 17.8 Å². The average Bonchev–Trinajstić information content (AvgIpc) is 1.88. The van der Waals surface area contributed by atoms with E-state index in [2.05, 4.69) is 15.0 Å². The molecule has 5 nitrogen and oxygen atoms in total. The van der Waals surface area contributed by atoms with Gasteiger partial charge in [0.1, 0.15) is 12.7 Å². The Bertz CT molecular complexity index is 310. The molecule has 1 rings (SSSR count). The summed E-state index contributed by atoms with van der Waals surface area (Å²) in [6.45, 7) is 0. The summed E-state index contributed by atoms with van der Waals surface area (Å²) in [7, 11) is -4.77. The van der Waals surface area contributed by atoms with Gasteiger partial charge in [0.25, 0.3) is 5.16 Å². The minimum atomic E-state index is -4.77. The van der Waals surface area contributed by atoms with Gasteiger partial charge in [-0.25, -0.2) is 15.0 Å². The van der Waals surface area contributed by atoms with Gasteiger partial charge in [0, 0.05) is 0 Å². The lowest BCUT2D eigenvalue weighted by atomic mass is 11.1. The summed E-state index contributed by atoms with van der Waals surface area (Å²) in [5, 5.41) is -0.859. The van der Waals surface area contributed by atoms with E-state index in [0.717, 1.165) is 12.7 Å². The topological polar surface area (TPSA) is 72.8 Å². The molecule has 0 unspecified atom stereocenters. The molecule has 0 N–H and O–H groups in total.